The van der Waals surface area contributed by atoms with Gasteiger partial charge in [0, 0.05) is 0 Å². The summed E-state index contributed by atoms with van der Waals surface area (Å²) in [5.74, 6) is -0.272. The second kappa shape index (κ2) is 5.81. The molecule has 0 saturated carbocycles. The van der Waals surface area contributed by atoms with E-state index in [0.717, 1.165) is 5.56 Å². The van der Waals surface area contributed by atoms with E-state index in [9.17, 15) is 9.59 Å². The Morgan fingerprint density at radius 2 is 2.00 bits per heavy atom. The van der Waals surface area contributed by atoms with Crippen LogP contribution in [0.2, 0.25) is 0 Å². The second-order valence-corrected chi connectivity index (χ2v) is 4.99. The number of fused-ring (bicyclic) bond motifs is 1. The predicted octanol–water partition coefficient (Wildman–Crippen LogP) is 1.18. The van der Waals surface area contributed by atoms with Crippen LogP contribution in [-0.4, -0.2) is 29.8 Å². The van der Waals surface area contributed by atoms with Gasteiger partial charge in [-0.1, -0.05) is 19.9 Å². The van der Waals surface area contributed by atoms with E-state index in [1.54, 1.807) is 32.0 Å². The van der Waals surface area contributed by atoms with Crippen molar-refractivity contribution < 1.29 is 24.2 Å². The van der Waals surface area contributed by atoms with Gasteiger partial charge in [0.15, 0.2) is 11.5 Å². The van der Waals surface area contributed by atoms with E-state index >= 15 is 0 Å². The monoisotopic (exact) mass is 279 g/mol. The van der Waals surface area contributed by atoms with Gasteiger partial charge in [-0.05, 0) is 23.6 Å². The molecule has 0 radical (unpaired) electrons. The molecule has 6 nitrogen and oxygen atoms in total. The maximum atomic E-state index is 11.9. The van der Waals surface area contributed by atoms with Gasteiger partial charge in [0.2, 0.25) is 12.7 Å². The van der Waals surface area contributed by atoms with Gasteiger partial charge in [-0.25, -0.2) is 4.79 Å². The first-order valence-corrected chi connectivity index (χ1v) is 6.38. The van der Waals surface area contributed by atoms with Crippen molar-refractivity contribution in [3.63, 3.8) is 0 Å². The zero-order chi connectivity index (χ0) is 14.7. The number of carbonyl (C=O) groups is 2. The van der Waals surface area contributed by atoms with Crippen molar-refractivity contribution in [3.05, 3.63) is 23.8 Å². The number of carboxylic acids is 1. The minimum Gasteiger partial charge on any atom is -0.480 e. The summed E-state index contributed by atoms with van der Waals surface area (Å²) in [6.07, 6.45) is 0.104. The summed E-state index contributed by atoms with van der Waals surface area (Å²) >= 11 is 0. The third-order valence-electron chi connectivity index (χ3n) is 3.05. The Bertz CT molecular complexity index is 526. The van der Waals surface area contributed by atoms with Gasteiger partial charge in [-0.2, -0.15) is 0 Å². The lowest BCUT2D eigenvalue weighted by molar-refractivity contribution is -0.143. The fourth-order valence-electron chi connectivity index (χ4n) is 1.97. The summed E-state index contributed by atoms with van der Waals surface area (Å²) in [4.78, 5) is 22.9. The molecule has 1 aromatic rings. The highest BCUT2D eigenvalue weighted by molar-refractivity contribution is 5.85. The van der Waals surface area contributed by atoms with E-state index in [1.807, 2.05) is 0 Å². The first-order chi connectivity index (χ1) is 9.47. The number of carbonyl (C=O) groups excluding carboxylic acids is 1. The molecule has 1 atom stereocenters. The number of benzene rings is 1. The maximum Gasteiger partial charge on any atom is 0.326 e. The Morgan fingerprint density at radius 1 is 1.30 bits per heavy atom. The summed E-state index contributed by atoms with van der Waals surface area (Å²) in [6, 6.07) is 4.35. The van der Waals surface area contributed by atoms with Crippen LogP contribution in [0, 0.1) is 5.92 Å². The number of aliphatic carboxylic acids is 1. The lowest BCUT2D eigenvalue weighted by Gasteiger charge is -2.17. The smallest absolute Gasteiger partial charge is 0.326 e. The molecule has 1 heterocycles. The van der Waals surface area contributed by atoms with Gasteiger partial charge in [-0.15, -0.1) is 0 Å². The zero-order valence-electron chi connectivity index (χ0n) is 11.4. The molecule has 0 saturated heterocycles. The van der Waals surface area contributed by atoms with Crippen LogP contribution in [0.1, 0.15) is 19.4 Å². The van der Waals surface area contributed by atoms with Crippen LogP contribution >= 0.6 is 0 Å². The Balaban J connectivity index is 1.99. The van der Waals surface area contributed by atoms with Crippen molar-refractivity contribution >= 4 is 11.9 Å². The standard InChI is InChI=1S/C14H17NO5/c1-8(2)13(14(17)18)15-12(16)6-9-3-4-10-11(5-9)20-7-19-10/h3-5,8,13H,6-7H2,1-2H3,(H,15,16)(H,17,18)/t13-/m1/s1. The highest BCUT2D eigenvalue weighted by atomic mass is 16.7. The normalized spacial score (nSPS) is 14.2. The molecular weight excluding hydrogens is 262 g/mol. The van der Waals surface area contributed by atoms with Crippen LogP contribution in [0.5, 0.6) is 11.5 Å². The van der Waals surface area contributed by atoms with Gasteiger partial charge in [0.1, 0.15) is 6.04 Å². The van der Waals surface area contributed by atoms with E-state index < -0.39 is 12.0 Å². The summed E-state index contributed by atoms with van der Waals surface area (Å²) in [7, 11) is 0. The van der Waals surface area contributed by atoms with Crippen LogP contribution in [-0.2, 0) is 16.0 Å². The fourth-order valence-corrected chi connectivity index (χ4v) is 1.97. The van der Waals surface area contributed by atoms with Gasteiger partial charge < -0.3 is 19.9 Å². The van der Waals surface area contributed by atoms with Crippen LogP contribution in [0.3, 0.4) is 0 Å². The average Bonchev–Trinajstić information content (AvgIpc) is 2.82. The molecule has 0 bridgehead atoms. The molecule has 2 rings (SSSR count). The van der Waals surface area contributed by atoms with Gasteiger partial charge in [0.25, 0.3) is 0 Å². The molecule has 1 amide bonds. The van der Waals surface area contributed by atoms with E-state index in [-0.39, 0.29) is 25.0 Å². The summed E-state index contributed by atoms with van der Waals surface area (Å²) < 4.78 is 10.4. The molecule has 0 fully saturated rings. The Labute approximate surface area is 116 Å². The molecule has 0 unspecified atom stereocenters. The first-order valence-electron chi connectivity index (χ1n) is 6.38. The highest BCUT2D eigenvalue weighted by Gasteiger charge is 2.23. The quantitative estimate of drug-likeness (QED) is 0.845. The highest BCUT2D eigenvalue weighted by Crippen LogP contribution is 2.32. The van der Waals surface area contributed by atoms with Crippen molar-refractivity contribution in [1.29, 1.82) is 0 Å². The van der Waals surface area contributed by atoms with Crippen molar-refractivity contribution in [3.8, 4) is 11.5 Å². The largest absolute Gasteiger partial charge is 0.480 e. The van der Waals surface area contributed by atoms with Gasteiger partial charge in [0.05, 0.1) is 6.42 Å². The molecular formula is C14H17NO5. The van der Waals surface area contributed by atoms with E-state index in [0.29, 0.717) is 11.5 Å². The molecule has 1 aliphatic rings. The van der Waals surface area contributed by atoms with Gasteiger partial charge in [-0.3, -0.25) is 4.79 Å². The molecule has 0 aliphatic carbocycles. The molecule has 6 heteroatoms. The molecule has 108 valence electrons. The number of ether oxygens (including phenoxy) is 2. The molecule has 0 spiro atoms. The summed E-state index contributed by atoms with van der Waals surface area (Å²) in [5.41, 5.74) is 0.750. The van der Waals surface area contributed by atoms with Crippen molar-refractivity contribution in [1.82, 2.24) is 5.32 Å². The average molecular weight is 279 g/mol. The SMILES string of the molecule is CC(C)[C@@H](NC(=O)Cc1ccc2c(c1)OCO2)C(=O)O. The molecule has 1 aromatic carbocycles. The topological polar surface area (TPSA) is 84.9 Å². The molecule has 1 aliphatic heterocycles. The number of carboxylic acid groups (broad SMARTS) is 1. The fraction of sp³-hybridized carbons (Fsp3) is 0.429. The van der Waals surface area contributed by atoms with Crippen LogP contribution < -0.4 is 14.8 Å². The van der Waals surface area contributed by atoms with E-state index in [2.05, 4.69) is 5.32 Å². The molecule has 20 heavy (non-hydrogen) atoms. The maximum absolute atomic E-state index is 11.9. The van der Waals surface area contributed by atoms with Crippen molar-refractivity contribution in [2.24, 2.45) is 5.92 Å². The van der Waals surface area contributed by atoms with Crippen molar-refractivity contribution in [2.45, 2.75) is 26.3 Å². The minimum atomic E-state index is -1.03. The number of hydrogen-bond donors (Lipinski definition) is 2. The Hall–Kier alpha value is -2.24. The third kappa shape index (κ3) is 3.20. The van der Waals surface area contributed by atoms with Crippen molar-refractivity contribution in [2.75, 3.05) is 6.79 Å². The van der Waals surface area contributed by atoms with Gasteiger partial charge >= 0.3 is 5.97 Å². The predicted molar refractivity (Wildman–Crippen MR) is 70.7 cm³/mol. The number of amides is 1. The number of rotatable bonds is 5. The summed E-state index contributed by atoms with van der Waals surface area (Å²) in [6.45, 7) is 3.68. The Morgan fingerprint density at radius 3 is 2.65 bits per heavy atom. The summed E-state index contributed by atoms with van der Waals surface area (Å²) in [5, 5.41) is 11.6. The second-order valence-electron chi connectivity index (χ2n) is 4.99. The lowest BCUT2D eigenvalue weighted by atomic mass is 10.0. The first kappa shape index (κ1) is 14.2. The minimum absolute atomic E-state index is 0.104. The number of nitrogens with one attached hydrogen (secondary N) is 1. The molecule has 2 N–H and O–H groups in total. The zero-order valence-corrected chi connectivity index (χ0v) is 11.4. The van der Waals surface area contributed by atoms with E-state index in [4.69, 9.17) is 14.6 Å². The Kier molecular flexibility index (Phi) is 4.12. The molecule has 0 aromatic heterocycles. The van der Waals surface area contributed by atoms with Crippen LogP contribution in [0.15, 0.2) is 18.2 Å². The van der Waals surface area contributed by atoms with Crippen LogP contribution in [0.25, 0.3) is 0 Å². The van der Waals surface area contributed by atoms with Crippen LogP contribution in [0.4, 0.5) is 0 Å². The third-order valence-corrected chi connectivity index (χ3v) is 3.05. The van der Waals surface area contributed by atoms with E-state index in [1.165, 1.54) is 0 Å². The lowest BCUT2D eigenvalue weighted by Crippen LogP contribution is -2.44. The number of hydrogen-bond acceptors (Lipinski definition) is 4.